The van der Waals surface area contributed by atoms with Gasteiger partial charge in [-0.15, -0.1) is 0 Å². The molecule has 0 N–H and O–H groups in total. The maximum atomic E-state index is 5.89. The maximum Gasteiger partial charge on any atom is 0.205 e. The predicted octanol–water partition coefficient (Wildman–Crippen LogP) is 1.79. The molecule has 86 valence electrons. The van der Waals surface area contributed by atoms with Gasteiger partial charge in [0, 0.05) is 7.11 Å². The smallest absolute Gasteiger partial charge is 0.205 e. The summed E-state index contributed by atoms with van der Waals surface area (Å²) in [6.45, 7) is 8.34. The summed E-state index contributed by atoms with van der Waals surface area (Å²) in [4.78, 5) is 2.41. The van der Waals surface area contributed by atoms with Crippen LogP contribution in [-0.2, 0) is 9.47 Å². The Labute approximate surface area is 92.0 Å². The molecule has 1 aliphatic heterocycles. The van der Waals surface area contributed by atoms with E-state index in [0.717, 1.165) is 19.6 Å². The van der Waals surface area contributed by atoms with Crippen LogP contribution in [-0.4, -0.2) is 42.5 Å². The standard InChI is InChI=1S/C12H21NO2/c1-5-9-15-12(14-4)8-7-11(3)10(12)13(11)6-2/h7-8,10H,5-6,9H2,1-4H3/t10-,11-,12+,13?/m0/s1. The van der Waals surface area contributed by atoms with E-state index in [1.807, 2.05) is 0 Å². The maximum absolute atomic E-state index is 5.89. The average molecular weight is 211 g/mol. The summed E-state index contributed by atoms with van der Waals surface area (Å²) in [7, 11) is 1.73. The van der Waals surface area contributed by atoms with Crippen LogP contribution in [0.4, 0.5) is 0 Å². The third-order valence-corrected chi connectivity index (χ3v) is 3.64. The third-order valence-electron chi connectivity index (χ3n) is 3.64. The van der Waals surface area contributed by atoms with Crippen LogP contribution in [0.15, 0.2) is 12.2 Å². The van der Waals surface area contributed by atoms with Crippen molar-refractivity contribution in [2.24, 2.45) is 0 Å². The van der Waals surface area contributed by atoms with Crippen molar-refractivity contribution in [3.8, 4) is 0 Å². The van der Waals surface area contributed by atoms with Gasteiger partial charge in [-0.2, -0.15) is 0 Å². The second-order valence-corrected chi connectivity index (χ2v) is 4.52. The minimum atomic E-state index is -0.499. The fourth-order valence-corrected chi connectivity index (χ4v) is 2.81. The van der Waals surface area contributed by atoms with Crippen molar-refractivity contribution in [2.75, 3.05) is 20.3 Å². The van der Waals surface area contributed by atoms with Crippen molar-refractivity contribution in [3.05, 3.63) is 12.2 Å². The Balaban J connectivity index is 2.13. The van der Waals surface area contributed by atoms with Crippen LogP contribution in [0, 0.1) is 0 Å². The molecule has 0 radical (unpaired) electrons. The van der Waals surface area contributed by atoms with Crippen LogP contribution in [0.2, 0.25) is 0 Å². The molecule has 0 amide bonds. The molecule has 1 unspecified atom stereocenters. The van der Waals surface area contributed by atoms with E-state index in [-0.39, 0.29) is 5.54 Å². The van der Waals surface area contributed by atoms with E-state index in [0.29, 0.717) is 6.04 Å². The summed E-state index contributed by atoms with van der Waals surface area (Å²) in [5.74, 6) is -0.499. The third kappa shape index (κ3) is 1.37. The number of hydrogen-bond donors (Lipinski definition) is 0. The zero-order chi connectivity index (χ0) is 11.1. The summed E-state index contributed by atoms with van der Waals surface area (Å²) >= 11 is 0. The first kappa shape index (κ1) is 11.1. The Morgan fingerprint density at radius 2 is 2.07 bits per heavy atom. The highest BCUT2D eigenvalue weighted by molar-refractivity contribution is 5.38. The van der Waals surface area contributed by atoms with Gasteiger partial charge < -0.3 is 9.47 Å². The zero-order valence-electron chi connectivity index (χ0n) is 10.1. The normalized spacial score (nSPS) is 46.9. The lowest BCUT2D eigenvalue weighted by Crippen LogP contribution is -2.40. The van der Waals surface area contributed by atoms with E-state index in [4.69, 9.17) is 9.47 Å². The number of hydrogen-bond acceptors (Lipinski definition) is 3. The van der Waals surface area contributed by atoms with E-state index in [1.165, 1.54) is 0 Å². The van der Waals surface area contributed by atoms with Crippen LogP contribution in [0.5, 0.6) is 0 Å². The Morgan fingerprint density at radius 1 is 1.33 bits per heavy atom. The van der Waals surface area contributed by atoms with Crippen LogP contribution in [0.3, 0.4) is 0 Å². The molecule has 0 aromatic heterocycles. The van der Waals surface area contributed by atoms with Crippen molar-refractivity contribution in [1.29, 1.82) is 0 Å². The SMILES string of the molecule is CCCO[C@]1(OC)C=C[C@@]2(C)[C@@H]1N2CC. The molecule has 15 heavy (non-hydrogen) atoms. The molecule has 2 rings (SSSR count). The highest BCUT2D eigenvalue weighted by atomic mass is 16.7. The Bertz CT molecular complexity index is 279. The van der Waals surface area contributed by atoms with Gasteiger partial charge in [-0.3, -0.25) is 4.90 Å². The Kier molecular flexibility index (Phi) is 2.65. The van der Waals surface area contributed by atoms with Crippen LogP contribution >= 0.6 is 0 Å². The molecule has 4 atom stereocenters. The van der Waals surface area contributed by atoms with Gasteiger partial charge in [0.2, 0.25) is 5.79 Å². The number of fused-ring (bicyclic) bond motifs is 1. The number of nitrogens with zero attached hydrogens (tertiary/aromatic N) is 1. The highest BCUT2D eigenvalue weighted by Gasteiger charge is 2.70. The molecule has 1 aliphatic carbocycles. The minimum absolute atomic E-state index is 0.165. The molecular formula is C12H21NO2. The van der Waals surface area contributed by atoms with E-state index < -0.39 is 5.79 Å². The van der Waals surface area contributed by atoms with Gasteiger partial charge in [0.05, 0.1) is 18.2 Å². The molecule has 0 aromatic carbocycles. The van der Waals surface area contributed by atoms with Gasteiger partial charge in [0.25, 0.3) is 0 Å². The van der Waals surface area contributed by atoms with E-state index in [1.54, 1.807) is 7.11 Å². The van der Waals surface area contributed by atoms with E-state index in [2.05, 4.69) is 37.8 Å². The number of rotatable bonds is 5. The second-order valence-electron chi connectivity index (χ2n) is 4.52. The van der Waals surface area contributed by atoms with E-state index >= 15 is 0 Å². The van der Waals surface area contributed by atoms with Crippen molar-refractivity contribution >= 4 is 0 Å². The van der Waals surface area contributed by atoms with Gasteiger partial charge in [-0.1, -0.05) is 19.9 Å². The first-order valence-corrected chi connectivity index (χ1v) is 5.81. The summed E-state index contributed by atoms with van der Waals surface area (Å²) < 4.78 is 11.5. The fourth-order valence-electron chi connectivity index (χ4n) is 2.81. The molecule has 0 spiro atoms. The number of likely N-dealkylation sites (N-methyl/N-ethyl adjacent to an activating group) is 1. The second kappa shape index (κ2) is 3.58. The van der Waals surface area contributed by atoms with Crippen molar-refractivity contribution in [1.82, 2.24) is 4.90 Å². The summed E-state index contributed by atoms with van der Waals surface area (Å²) in [6, 6.07) is 0.367. The molecule has 1 fully saturated rings. The zero-order valence-corrected chi connectivity index (χ0v) is 10.1. The monoisotopic (exact) mass is 211 g/mol. The Morgan fingerprint density at radius 3 is 2.53 bits per heavy atom. The highest BCUT2D eigenvalue weighted by Crippen LogP contribution is 2.54. The van der Waals surface area contributed by atoms with Gasteiger partial charge in [0.15, 0.2) is 0 Å². The van der Waals surface area contributed by atoms with Crippen LogP contribution < -0.4 is 0 Å². The molecule has 3 nitrogen and oxygen atoms in total. The first-order chi connectivity index (χ1) is 7.14. The fraction of sp³-hybridized carbons (Fsp3) is 0.833. The quantitative estimate of drug-likeness (QED) is 0.393. The molecule has 3 heteroatoms. The lowest BCUT2D eigenvalue weighted by atomic mass is 10.1. The first-order valence-electron chi connectivity index (χ1n) is 5.81. The predicted molar refractivity (Wildman–Crippen MR) is 59.7 cm³/mol. The summed E-state index contributed by atoms with van der Waals surface area (Å²) in [5, 5.41) is 0. The van der Waals surface area contributed by atoms with E-state index in [9.17, 15) is 0 Å². The molecular weight excluding hydrogens is 190 g/mol. The van der Waals surface area contributed by atoms with Gasteiger partial charge in [-0.25, -0.2) is 0 Å². The van der Waals surface area contributed by atoms with Gasteiger partial charge in [0.1, 0.15) is 0 Å². The number of ether oxygens (including phenoxy) is 2. The topological polar surface area (TPSA) is 21.5 Å². The van der Waals surface area contributed by atoms with Crippen molar-refractivity contribution in [2.45, 2.75) is 44.6 Å². The summed E-state index contributed by atoms with van der Waals surface area (Å²) in [6.07, 6.45) is 5.33. The molecule has 1 heterocycles. The molecule has 0 bridgehead atoms. The van der Waals surface area contributed by atoms with Crippen LogP contribution in [0.25, 0.3) is 0 Å². The molecule has 2 aliphatic rings. The van der Waals surface area contributed by atoms with Crippen LogP contribution in [0.1, 0.15) is 27.2 Å². The lowest BCUT2D eigenvalue weighted by molar-refractivity contribution is -0.191. The average Bonchev–Trinajstić information content (AvgIpc) is 2.75. The summed E-state index contributed by atoms with van der Waals surface area (Å²) in [5.41, 5.74) is 0.165. The lowest BCUT2D eigenvalue weighted by Gasteiger charge is -2.28. The Hall–Kier alpha value is -0.380. The molecule has 1 saturated heterocycles. The van der Waals surface area contributed by atoms with Gasteiger partial charge in [-0.05, 0) is 26.0 Å². The largest absolute Gasteiger partial charge is 0.348 e. The minimum Gasteiger partial charge on any atom is -0.348 e. The molecule has 0 saturated carbocycles. The van der Waals surface area contributed by atoms with Gasteiger partial charge >= 0.3 is 0 Å². The number of methoxy groups -OCH3 is 1. The van der Waals surface area contributed by atoms with Crippen molar-refractivity contribution in [3.63, 3.8) is 0 Å². The molecule has 0 aromatic rings. The van der Waals surface area contributed by atoms with Crippen molar-refractivity contribution < 1.29 is 9.47 Å².